The Bertz CT molecular complexity index is 339. The van der Waals surface area contributed by atoms with Crippen molar-refractivity contribution >= 4 is 22.8 Å². The molecule has 0 bridgehead atoms. The number of carbonyl (C=O) groups is 1. The van der Waals surface area contributed by atoms with E-state index in [4.69, 9.17) is 0 Å². The van der Waals surface area contributed by atoms with Crippen molar-refractivity contribution in [2.24, 2.45) is 4.99 Å². The third-order valence-electron chi connectivity index (χ3n) is 3.76. The zero-order valence-electron chi connectivity index (χ0n) is 11.4. The Morgan fingerprint density at radius 2 is 2.22 bits per heavy atom. The van der Waals surface area contributed by atoms with Gasteiger partial charge in [0.25, 0.3) is 0 Å². The Morgan fingerprint density at radius 3 is 2.83 bits per heavy atom. The molecule has 0 radical (unpaired) electrons. The van der Waals surface area contributed by atoms with Gasteiger partial charge in [0, 0.05) is 30.8 Å². The normalized spacial score (nSPS) is 29.9. The molecule has 1 atom stereocenters. The third kappa shape index (κ3) is 3.40. The molecule has 0 spiro atoms. The predicted octanol–water partition coefficient (Wildman–Crippen LogP) is 1.86. The molecule has 1 N–H and O–H groups in total. The molecule has 5 heteroatoms. The highest BCUT2D eigenvalue weighted by Crippen LogP contribution is 2.25. The van der Waals surface area contributed by atoms with Crippen molar-refractivity contribution in [2.75, 3.05) is 25.4 Å². The van der Waals surface area contributed by atoms with Crippen LogP contribution in [0.3, 0.4) is 0 Å². The average molecular weight is 269 g/mol. The average Bonchev–Trinajstić information content (AvgIpc) is 2.99. The number of amidine groups is 1. The quantitative estimate of drug-likeness (QED) is 0.847. The van der Waals surface area contributed by atoms with E-state index in [1.807, 2.05) is 4.90 Å². The minimum atomic E-state index is 0.183. The fourth-order valence-corrected chi connectivity index (χ4v) is 3.44. The summed E-state index contributed by atoms with van der Waals surface area (Å²) in [6, 6.07) is 0. The third-order valence-corrected chi connectivity index (χ3v) is 5.04. The summed E-state index contributed by atoms with van der Waals surface area (Å²) in [5.74, 6) is 1.33. The zero-order chi connectivity index (χ0) is 13.0. The first kappa shape index (κ1) is 13.7. The lowest BCUT2D eigenvalue weighted by Gasteiger charge is -2.20. The second kappa shape index (κ2) is 5.95. The van der Waals surface area contributed by atoms with E-state index in [-0.39, 0.29) is 11.4 Å². The molecule has 18 heavy (non-hydrogen) atoms. The maximum absolute atomic E-state index is 11.8. The van der Waals surface area contributed by atoms with Gasteiger partial charge < -0.3 is 10.2 Å². The summed E-state index contributed by atoms with van der Waals surface area (Å²) in [6.07, 6.45) is 3.97. The molecule has 0 aromatic rings. The lowest BCUT2D eigenvalue weighted by molar-refractivity contribution is -0.129. The van der Waals surface area contributed by atoms with E-state index in [0.29, 0.717) is 13.0 Å². The van der Waals surface area contributed by atoms with Crippen molar-refractivity contribution in [3.8, 4) is 0 Å². The molecule has 0 saturated carbocycles. The Hall–Kier alpha value is -0.710. The van der Waals surface area contributed by atoms with Gasteiger partial charge in [0.1, 0.15) is 0 Å². The van der Waals surface area contributed by atoms with Gasteiger partial charge in [-0.1, -0.05) is 18.7 Å². The number of rotatable bonds is 4. The van der Waals surface area contributed by atoms with Crippen molar-refractivity contribution in [3.63, 3.8) is 0 Å². The summed E-state index contributed by atoms with van der Waals surface area (Å²) < 4.78 is 0. The molecule has 2 saturated heterocycles. The highest BCUT2D eigenvalue weighted by atomic mass is 32.2. The van der Waals surface area contributed by atoms with Crippen molar-refractivity contribution in [1.29, 1.82) is 0 Å². The molecule has 2 aliphatic rings. The molecular weight excluding hydrogens is 246 g/mol. The Kier molecular flexibility index (Phi) is 4.54. The summed E-state index contributed by atoms with van der Waals surface area (Å²) in [7, 11) is 0. The number of amides is 1. The van der Waals surface area contributed by atoms with E-state index < -0.39 is 0 Å². The highest BCUT2D eigenvalue weighted by Gasteiger charge is 2.30. The molecule has 2 rings (SSSR count). The first-order valence-electron chi connectivity index (χ1n) is 6.86. The topological polar surface area (TPSA) is 44.7 Å². The van der Waals surface area contributed by atoms with E-state index in [1.165, 1.54) is 0 Å². The van der Waals surface area contributed by atoms with Crippen LogP contribution in [0.25, 0.3) is 0 Å². The Morgan fingerprint density at radius 1 is 1.50 bits per heavy atom. The van der Waals surface area contributed by atoms with Gasteiger partial charge in [-0.2, -0.15) is 0 Å². The summed E-state index contributed by atoms with van der Waals surface area (Å²) in [5, 5.41) is 4.46. The van der Waals surface area contributed by atoms with Crippen LogP contribution in [0.4, 0.5) is 0 Å². The number of nitrogens with zero attached hydrogens (tertiary/aromatic N) is 2. The van der Waals surface area contributed by atoms with Crippen LogP contribution in [0.5, 0.6) is 0 Å². The lowest BCUT2D eigenvalue weighted by Crippen LogP contribution is -2.39. The molecule has 1 amide bonds. The minimum absolute atomic E-state index is 0.183. The number of hydrogen-bond donors (Lipinski definition) is 1. The molecule has 102 valence electrons. The van der Waals surface area contributed by atoms with Crippen molar-refractivity contribution in [3.05, 3.63) is 0 Å². The van der Waals surface area contributed by atoms with Crippen molar-refractivity contribution < 1.29 is 4.79 Å². The van der Waals surface area contributed by atoms with Crippen LogP contribution in [0.1, 0.15) is 39.5 Å². The van der Waals surface area contributed by atoms with Crippen LogP contribution in [-0.4, -0.2) is 46.9 Å². The van der Waals surface area contributed by atoms with Gasteiger partial charge in [0.05, 0.1) is 6.54 Å². The maximum atomic E-state index is 11.8. The fourth-order valence-electron chi connectivity index (χ4n) is 2.21. The van der Waals surface area contributed by atoms with Gasteiger partial charge in [0.15, 0.2) is 5.17 Å². The molecule has 0 aliphatic carbocycles. The first-order chi connectivity index (χ1) is 8.63. The van der Waals surface area contributed by atoms with Crippen LogP contribution < -0.4 is 5.32 Å². The minimum Gasteiger partial charge on any atom is -0.359 e. The second-order valence-corrected chi connectivity index (χ2v) is 6.32. The first-order valence-corrected chi connectivity index (χ1v) is 7.85. The number of nitrogens with one attached hydrogen (secondary N) is 1. The predicted molar refractivity (Wildman–Crippen MR) is 77.0 cm³/mol. The summed E-state index contributed by atoms with van der Waals surface area (Å²) in [4.78, 5) is 18.3. The summed E-state index contributed by atoms with van der Waals surface area (Å²) in [5.41, 5.74) is 0.183. The smallest absolute Gasteiger partial charge is 0.224 e. The Balaban J connectivity index is 1.73. The van der Waals surface area contributed by atoms with Gasteiger partial charge in [-0.05, 0) is 26.2 Å². The SMILES string of the molecule is CCC1(C)CSC(=NCCC(=O)N2CCCC2)N1. The van der Waals surface area contributed by atoms with Gasteiger partial charge in [-0.15, -0.1) is 0 Å². The fraction of sp³-hybridized carbons (Fsp3) is 0.846. The van der Waals surface area contributed by atoms with Crippen LogP contribution in [0, 0.1) is 0 Å². The zero-order valence-corrected chi connectivity index (χ0v) is 12.2. The van der Waals surface area contributed by atoms with Crippen LogP contribution in [0.2, 0.25) is 0 Å². The highest BCUT2D eigenvalue weighted by molar-refractivity contribution is 8.14. The Labute approximate surface area is 114 Å². The van der Waals surface area contributed by atoms with Crippen molar-refractivity contribution in [2.45, 2.75) is 45.1 Å². The standard InChI is InChI=1S/C13H23N3OS/c1-3-13(2)10-18-12(15-13)14-7-6-11(17)16-8-4-5-9-16/h3-10H2,1-2H3,(H,14,15). The van der Waals surface area contributed by atoms with Gasteiger partial charge in [-0.3, -0.25) is 9.79 Å². The molecule has 2 heterocycles. The number of carbonyl (C=O) groups excluding carboxylic acids is 1. The molecule has 0 aromatic carbocycles. The second-order valence-electron chi connectivity index (χ2n) is 5.35. The largest absolute Gasteiger partial charge is 0.359 e. The van der Waals surface area contributed by atoms with Crippen LogP contribution in [0.15, 0.2) is 4.99 Å². The molecule has 2 fully saturated rings. The summed E-state index contributed by atoms with van der Waals surface area (Å²) >= 11 is 1.77. The van der Waals surface area contributed by atoms with E-state index in [2.05, 4.69) is 24.2 Å². The molecular formula is C13H23N3OS. The van der Waals surface area contributed by atoms with E-state index in [9.17, 15) is 4.79 Å². The monoisotopic (exact) mass is 269 g/mol. The van der Waals surface area contributed by atoms with Gasteiger partial charge >= 0.3 is 0 Å². The molecule has 2 aliphatic heterocycles. The number of thioether (sulfide) groups is 1. The van der Waals surface area contributed by atoms with Gasteiger partial charge in [-0.25, -0.2) is 0 Å². The molecule has 0 aromatic heterocycles. The summed E-state index contributed by atoms with van der Waals surface area (Å²) in [6.45, 7) is 6.91. The lowest BCUT2D eigenvalue weighted by atomic mass is 10.0. The molecule has 1 unspecified atom stereocenters. The van der Waals surface area contributed by atoms with Crippen LogP contribution in [-0.2, 0) is 4.79 Å². The maximum Gasteiger partial charge on any atom is 0.224 e. The van der Waals surface area contributed by atoms with Crippen LogP contribution >= 0.6 is 11.8 Å². The molecule has 4 nitrogen and oxygen atoms in total. The van der Waals surface area contributed by atoms with E-state index >= 15 is 0 Å². The van der Waals surface area contributed by atoms with E-state index in [1.54, 1.807) is 11.8 Å². The van der Waals surface area contributed by atoms with Crippen molar-refractivity contribution in [1.82, 2.24) is 10.2 Å². The number of likely N-dealkylation sites (tertiary alicyclic amines) is 1. The van der Waals surface area contributed by atoms with Gasteiger partial charge in [0.2, 0.25) is 5.91 Å². The van der Waals surface area contributed by atoms with E-state index in [0.717, 1.165) is 43.3 Å². The number of aliphatic imine (C=N–C) groups is 1. The number of hydrogen-bond acceptors (Lipinski definition) is 3.